The molecule has 0 rings (SSSR count). The van der Waals surface area contributed by atoms with Gasteiger partial charge >= 0.3 is 5.97 Å². The lowest BCUT2D eigenvalue weighted by Gasteiger charge is -2.20. The number of hydrogen-bond donors (Lipinski definition) is 3. The quantitative estimate of drug-likeness (QED) is 0.0320. The molecule has 0 saturated carbocycles. The fourth-order valence-corrected chi connectivity index (χ4v) is 10.2. The molecule has 0 aromatic carbocycles. The van der Waals surface area contributed by atoms with Crippen molar-refractivity contribution < 1.29 is 24.5 Å². The zero-order valence-electron chi connectivity index (χ0n) is 48.7. The van der Waals surface area contributed by atoms with E-state index in [1.165, 1.54) is 289 Å². The van der Waals surface area contributed by atoms with Gasteiger partial charge in [0.25, 0.3) is 0 Å². The first-order chi connectivity index (χ1) is 35.5. The average molecular weight is 1010 g/mol. The van der Waals surface area contributed by atoms with Crippen LogP contribution in [-0.4, -0.2) is 47.4 Å². The zero-order valence-corrected chi connectivity index (χ0v) is 48.7. The van der Waals surface area contributed by atoms with E-state index in [2.05, 4.69) is 31.3 Å². The molecule has 426 valence electrons. The number of carbonyl (C=O) groups excluding carboxylic acids is 2. The lowest BCUT2D eigenvalue weighted by atomic mass is 10.0. The third-order valence-corrected chi connectivity index (χ3v) is 15.2. The topological polar surface area (TPSA) is 95.9 Å². The number of amides is 1. The lowest BCUT2D eigenvalue weighted by Crippen LogP contribution is -2.45. The van der Waals surface area contributed by atoms with Crippen LogP contribution in [0.15, 0.2) is 24.3 Å². The van der Waals surface area contributed by atoms with Gasteiger partial charge in [-0.05, 0) is 57.8 Å². The van der Waals surface area contributed by atoms with Crippen molar-refractivity contribution in [3.8, 4) is 0 Å². The van der Waals surface area contributed by atoms with Crippen LogP contribution in [0, 0.1) is 0 Å². The number of carbonyl (C=O) groups is 2. The molecule has 0 aliphatic rings. The highest BCUT2D eigenvalue weighted by Crippen LogP contribution is 2.18. The predicted octanol–water partition coefficient (Wildman–Crippen LogP) is 20.6. The molecular formula is C66H127NO5. The number of esters is 1. The van der Waals surface area contributed by atoms with Crippen molar-refractivity contribution in [1.82, 2.24) is 5.32 Å². The summed E-state index contributed by atoms with van der Waals surface area (Å²) < 4.78 is 5.48. The van der Waals surface area contributed by atoms with Gasteiger partial charge in [0.2, 0.25) is 5.91 Å². The number of aliphatic hydroxyl groups is 2. The van der Waals surface area contributed by atoms with Crippen LogP contribution >= 0.6 is 0 Å². The second kappa shape index (κ2) is 61.9. The van der Waals surface area contributed by atoms with Crippen molar-refractivity contribution in [2.24, 2.45) is 0 Å². The van der Waals surface area contributed by atoms with Gasteiger partial charge in [0.05, 0.1) is 25.4 Å². The van der Waals surface area contributed by atoms with Crippen molar-refractivity contribution >= 4 is 11.9 Å². The second-order valence-corrected chi connectivity index (χ2v) is 22.5. The molecule has 0 spiro atoms. The van der Waals surface area contributed by atoms with Crippen molar-refractivity contribution in [1.29, 1.82) is 0 Å². The largest absolute Gasteiger partial charge is 0.466 e. The van der Waals surface area contributed by atoms with E-state index in [1.54, 1.807) is 6.08 Å². The van der Waals surface area contributed by atoms with Gasteiger partial charge in [-0.2, -0.15) is 0 Å². The minimum atomic E-state index is -0.846. The summed E-state index contributed by atoms with van der Waals surface area (Å²) in [5, 5.41) is 23.2. The van der Waals surface area contributed by atoms with Gasteiger partial charge in [-0.25, -0.2) is 0 Å². The van der Waals surface area contributed by atoms with Crippen LogP contribution in [0.2, 0.25) is 0 Å². The minimum Gasteiger partial charge on any atom is -0.466 e. The summed E-state index contributed by atoms with van der Waals surface area (Å²) in [4.78, 5) is 24.6. The lowest BCUT2D eigenvalue weighted by molar-refractivity contribution is -0.143. The van der Waals surface area contributed by atoms with E-state index in [-0.39, 0.29) is 18.5 Å². The molecule has 2 atom stereocenters. The summed E-state index contributed by atoms with van der Waals surface area (Å²) in [6.07, 6.45) is 76.5. The molecule has 2 unspecified atom stereocenters. The first-order valence-corrected chi connectivity index (χ1v) is 32.6. The number of rotatable bonds is 61. The fraction of sp³-hybridized carbons (Fsp3) is 0.909. The van der Waals surface area contributed by atoms with Gasteiger partial charge in [0, 0.05) is 12.8 Å². The summed E-state index contributed by atoms with van der Waals surface area (Å²) in [6.45, 7) is 4.92. The second-order valence-electron chi connectivity index (χ2n) is 22.5. The molecule has 0 bridgehead atoms. The Hall–Kier alpha value is -1.66. The van der Waals surface area contributed by atoms with Gasteiger partial charge in [-0.1, -0.05) is 314 Å². The normalized spacial score (nSPS) is 12.7. The monoisotopic (exact) mass is 1010 g/mol. The van der Waals surface area contributed by atoms with Crippen LogP contribution in [0.25, 0.3) is 0 Å². The van der Waals surface area contributed by atoms with Gasteiger partial charge in [-0.3, -0.25) is 9.59 Å². The molecule has 1 amide bonds. The van der Waals surface area contributed by atoms with E-state index >= 15 is 0 Å². The summed E-state index contributed by atoms with van der Waals surface area (Å²) in [5.41, 5.74) is 0. The number of nitrogens with one attached hydrogen (secondary N) is 1. The first-order valence-electron chi connectivity index (χ1n) is 32.6. The Bertz CT molecular complexity index is 1120. The van der Waals surface area contributed by atoms with Crippen molar-refractivity contribution in [2.75, 3.05) is 13.2 Å². The highest BCUT2D eigenvalue weighted by Gasteiger charge is 2.18. The fourth-order valence-electron chi connectivity index (χ4n) is 10.2. The SMILES string of the molecule is CCCCCCC/C=C\CCCCCCCC(=O)OCCCCCCCCCCCCCCCCCCCCCCCC(=O)NC(CO)C(O)/C=C/CCCCCCCCCCCCCCCCCCCC. The number of aliphatic hydroxyl groups excluding tert-OH is 2. The van der Waals surface area contributed by atoms with Crippen LogP contribution in [0.4, 0.5) is 0 Å². The molecule has 0 aromatic rings. The smallest absolute Gasteiger partial charge is 0.305 e. The Morgan fingerprint density at radius 3 is 0.986 bits per heavy atom. The van der Waals surface area contributed by atoms with E-state index in [4.69, 9.17) is 4.74 Å². The molecular weight excluding hydrogens is 887 g/mol. The Morgan fingerprint density at radius 1 is 0.375 bits per heavy atom. The van der Waals surface area contributed by atoms with Crippen LogP contribution in [0.5, 0.6) is 0 Å². The van der Waals surface area contributed by atoms with Gasteiger partial charge in [0.1, 0.15) is 0 Å². The third-order valence-electron chi connectivity index (χ3n) is 15.2. The Labute approximate surface area is 450 Å². The number of hydrogen-bond acceptors (Lipinski definition) is 5. The molecule has 0 radical (unpaired) electrons. The number of allylic oxidation sites excluding steroid dienone is 3. The summed E-state index contributed by atoms with van der Waals surface area (Å²) in [6, 6.07) is -0.629. The summed E-state index contributed by atoms with van der Waals surface area (Å²) >= 11 is 0. The van der Waals surface area contributed by atoms with Crippen LogP contribution in [0.1, 0.15) is 361 Å². The van der Waals surface area contributed by atoms with Crippen molar-refractivity contribution in [3.05, 3.63) is 24.3 Å². The Kier molecular flexibility index (Phi) is 60.5. The van der Waals surface area contributed by atoms with E-state index in [9.17, 15) is 19.8 Å². The Morgan fingerprint density at radius 2 is 0.653 bits per heavy atom. The molecule has 6 nitrogen and oxygen atoms in total. The van der Waals surface area contributed by atoms with E-state index in [0.717, 1.165) is 44.9 Å². The molecule has 0 fully saturated rings. The third kappa shape index (κ3) is 57.6. The molecule has 0 saturated heterocycles. The minimum absolute atomic E-state index is 0.00343. The highest BCUT2D eigenvalue weighted by molar-refractivity contribution is 5.76. The molecule has 0 aromatic heterocycles. The highest BCUT2D eigenvalue weighted by atomic mass is 16.5. The van der Waals surface area contributed by atoms with Crippen LogP contribution in [0.3, 0.4) is 0 Å². The van der Waals surface area contributed by atoms with E-state index < -0.39 is 12.1 Å². The maximum atomic E-state index is 12.5. The standard InChI is InChI=1S/C66H127NO5/c1-3-5-7-9-11-13-15-17-19-20-21-25-28-31-34-38-42-46-50-54-58-64(69)63(62-68)67-65(70)59-55-51-47-43-39-35-32-29-26-23-22-24-27-30-33-37-41-45-49-53-57-61-72-66(71)60-56-52-48-44-40-36-18-16-14-12-10-8-6-4-2/h16,18,54,58,63-64,68-69H,3-15,17,19-53,55-57,59-62H2,1-2H3,(H,67,70)/b18-16-,58-54+. The van der Waals surface area contributed by atoms with Crippen molar-refractivity contribution in [3.63, 3.8) is 0 Å². The maximum absolute atomic E-state index is 12.5. The molecule has 0 aliphatic heterocycles. The average Bonchev–Trinajstić information content (AvgIpc) is 3.38. The molecule has 0 aliphatic carbocycles. The van der Waals surface area contributed by atoms with Gasteiger partial charge in [-0.15, -0.1) is 0 Å². The molecule has 0 heterocycles. The first kappa shape index (κ1) is 70.3. The maximum Gasteiger partial charge on any atom is 0.305 e. The number of unbranched alkanes of at least 4 members (excludes halogenated alkanes) is 48. The van der Waals surface area contributed by atoms with Crippen LogP contribution in [-0.2, 0) is 14.3 Å². The van der Waals surface area contributed by atoms with E-state index in [1.807, 2.05) is 6.08 Å². The van der Waals surface area contributed by atoms with Crippen LogP contribution < -0.4 is 5.32 Å². The Balaban J connectivity index is 3.42. The molecule has 72 heavy (non-hydrogen) atoms. The van der Waals surface area contributed by atoms with E-state index in [0.29, 0.717) is 19.4 Å². The molecule has 3 N–H and O–H groups in total. The number of ether oxygens (including phenoxy) is 1. The predicted molar refractivity (Wildman–Crippen MR) is 315 cm³/mol. The summed E-state index contributed by atoms with van der Waals surface area (Å²) in [5.74, 6) is -0.0623. The van der Waals surface area contributed by atoms with Crippen molar-refractivity contribution in [2.45, 2.75) is 373 Å². The van der Waals surface area contributed by atoms with Gasteiger partial charge < -0.3 is 20.3 Å². The van der Waals surface area contributed by atoms with Gasteiger partial charge in [0.15, 0.2) is 0 Å². The summed E-state index contributed by atoms with van der Waals surface area (Å²) in [7, 11) is 0. The zero-order chi connectivity index (χ0) is 52.2. The molecule has 6 heteroatoms.